The molecule has 1 aromatic rings. The standard InChI is InChI=1S/C13H17N3O3/c1-15-6-10(14-7-15)12(17)16-5-8-3-2-4-9(8)11(16)13(18)19/h6-9,11H,2-5H2,1H3,(H,18,19). The van der Waals surface area contributed by atoms with Crippen LogP contribution in [0, 0.1) is 11.8 Å². The first-order chi connectivity index (χ1) is 9.08. The van der Waals surface area contributed by atoms with Crippen molar-refractivity contribution in [2.45, 2.75) is 25.3 Å². The van der Waals surface area contributed by atoms with Gasteiger partial charge in [-0.15, -0.1) is 0 Å². The topological polar surface area (TPSA) is 75.4 Å². The van der Waals surface area contributed by atoms with Crippen molar-refractivity contribution in [1.82, 2.24) is 14.5 Å². The summed E-state index contributed by atoms with van der Waals surface area (Å²) in [5.74, 6) is -0.694. The van der Waals surface area contributed by atoms with Crippen LogP contribution in [0.5, 0.6) is 0 Å². The SMILES string of the molecule is Cn1cnc(C(=O)N2CC3CCCC3C2C(=O)O)c1. The highest BCUT2D eigenvalue weighted by atomic mass is 16.4. The second-order valence-electron chi connectivity index (χ2n) is 5.52. The molecular formula is C13H17N3O3. The Balaban J connectivity index is 1.87. The van der Waals surface area contributed by atoms with Gasteiger partial charge in [0.2, 0.25) is 0 Å². The van der Waals surface area contributed by atoms with Crippen LogP contribution in [0.15, 0.2) is 12.5 Å². The van der Waals surface area contributed by atoms with E-state index in [9.17, 15) is 14.7 Å². The second kappa shape index (κ2) is 4.36. The van der Waals surface area contributed by atoms with E-state index in [0.717, 1.165) is 19.3 Å². The van der Waals surface area contributed by atoms with E-state index in [1.165, 1.54) is 4.90 Å². The molecule has 2 fully saturated rings. The third-order valence-corrected chi connectivity index (χ3v) is 4.33. The fourth-order valence-electron chi connectivity index (χ4n) is 3.50. The van der Waals surface area contributed by atoms with Crippen molar-refractivity contribution < 1.29 is 14.7 Å². The van der Waals surface area contributed by atoms with Crippen LogP contribution < -0.4 is 0 Å². The average Bonchev–Trinajstić information content (AvgIpc) is 3.00. The summed E-state index contributed by atoms with van der Waals surface area (Å²) >= 11 is 0. The van der Waals surface area contributed by atoms with Gasteiger partial charge < -0.3 is 14.6 Å². The van der Waals surface area contributed by atoms with Gasteiger partial charge in [0.1, 0.15) is 11.7 Å². The summed E-state index contributed by atoms with van der Waals surface area (Å²) in [5, 5.41) is 9.41. The Morgan fingerprint density at radius 1 is 1.42 bits per heavy atom. The number of carboxylic acid groups (broad SMARTS) is 1. The van der Waals surface area contributed by atoms with Crippen molar-refractivity contribution in [3.8, 4) is 0 Å². The molecule has 2 aliphatic rings. The second-order valence-corrected chi connectivity index (χ2v) is 5.52. The lowest BCUT2D eigenvalue weighted by Gasteiger charge is -2.23. The maximum Gasteiger partial charge on any atom is 0.326 e. The molecule has 1 aromatic heterocycles. The minimum Gasteiger partial charge on any atom is -0.480 e. The first-order valence-corrected chi connectivity index (χ1v) is 6.59. The van der Waals surface area contributed by atoms with Gasteiger partial charge in [-0.3, -0.25) is 4.79 Å². The van der Waals surface area contributed by atoms with Gasteiger partial charge in [0.25, 0.3) is 5.91 Å². The predicted octanol–water partition coefficient (Wildman–Crippen LogP) is 0.745. The average molecular weight is 263 g/mol. The molecule has 3 rings (SSSR count). The number of aromatic nitrogens is 2. The zero-order valence-corrected chi connectivity index (χ0v) is 10.8. The number of hydrogen-bond donors (Lipinski definition) is 1. The van der Waals surface area contributed by atoms with Crippen LogP contribution in [0.2, 0.25) is 0 Å². The molecule has 1 aliphatic heterocycles. The molecule has 1 saturated carbocycles. The summed E-state index contributed by atoms with van der Waals surface area (Å²) in [7, 11) is 1.79. The van der Waals surface area contributed by atoms with Crippen LogP contribution >= 0.6 is 0 Å². The zero-order valence-electron chi connectivity index (χ0n) is 10.8. The van der Waals surface area contributed by atoms with E-state index in [0.29, 0.717) is 18.2 Å². The highest BCUT2D eigenvalue weighted by Gasteiger charge is 2.49. The summed E-state index contributed by atoms with van der Waals surface area (Å²) < 4.78 is 1.69. The lowest BCUT2D eigenvalue weighted by Crippen LogP contribution is -2.43. The Morgan fingerprint density at radius 3 is 2.84 bits per heavy atom. The highest BCUT2D eigenvalue weighted by molar-refractivity contribution is 5.95. The van der Waals surface area contributed by atoms with E-state index < -0.39 is 12.0 Å². The van der Waals surface area contributed by atoms with E-state index in [1.807, 2.05) is 0 Å². The molecule has 0 bridgehead atoms. The Morgan fingerprint density at radius 2 is 2.21 bits per heavy atom. The molecule has 6 heteroatoms. The Hall–Kier alpha value is -1.85. The predicted molar refractivity (Wildman–Crippen MR) is 66.5 cm³/mol. The fraction of sp³-hybridized carbons (Fsp3) is 0.615. The van der Waals surface area contributed by atoms with Crippen molar-refractivity contribution >= 4 is 11.9 Å². The number of amides is 1. The maximum absolute atomic E-state index is 12.4. The van der Waals surface area contributed by atoms with Crippen molar-refractivity contribution in [3.05, 3.63) is 18.2 Å². The Kier molecular flexibility index (Phi) is 2.80. The summed E-state index contributed by atoms with van der Waals surface area (Å²) in [6.45, 7) is 0.553. The van der Waals surface area contributed by atoms with Gasteiger partial charge in [0.05, 0.1) is 6.33 Å². The molecule has 1 saturated heterocycles. The molecule has 0 aromatic carbocycles. The molecule has 1 N–H and O–H groups in total. The van der Waals surface area contributed by atoms with Crippen LogP contribution in [0.25, 0.3) is 0 Å². The van der Waals surface area contributed by atoms with Crippen LogP contribution in [0.4, 0.5) is 0 Å². The van der Waals surface area contributed by atoms with Crippen molar-refractivity contribution in [3.63, 3.8) is 0 Å². The number of hydrogen-bond acceptors (Lipinski definition) is 3. The van der Waals surface area contributed by atoms with Crippen LogP contribution in [0.3, 0.4) is 0 Å². The number of imidazole rings is 1. The number of fused-ring (bicyclic) bond motifs is 1. The monoisotopic (exact) mass is 263 g/mol. The quantitative estimate of drug-likeness (QED) is 0.854. The smallest absolute Gasteiger partial charge is 0.326 e. The largest absolute Gasteiger partial charge is 0.480 e. The molecular weight excluding hydrogens is 246 g/mol. The van der Waals surface area contributed by atoms with Crippen molar-refractivity contribution in [2.24, 2.45) is 18.9 Å². The molecule has 3 unspecified atom stereocenters. The van der Waals surface area contributed by atoms with Crippen LogP contribution in [-0.2, 0) is 11.8 Å². The minimum absolute atomic E-state index is 0.116. The summed E-state index contributed by atoms with van der Waals surface area (Å²) in [6.07, 6.45) is 6.20. The number of carboxylic acids is 1. The molecule has 6 nitrogen and oxygen atoms in total. The number of likely N-dealkylation sites (tertiary alicyclic amines) is 1. The molecule has 0 spiro atoms. The van der Waals surface area contributed by atoms with Gasteiger partial charge in [-0.25, -0.2) is 9.78 Å². The van der Waals surface area contributed by atoms with Crippen molar-refractivity contribution in [1.29, 1.82) is 0 Å². The summed E-state index contributed by atoms with van der Waals surface area (Å²) in [4.78, 5) is 29.4. The lowest BCUT2D eigenvalue weighted by atomic mass is 9.94. The molecule has 2 heterocycles. The molecule has 1 amide bonds. The number of nitrogens with zero attached hydrogens (tertiary/aromatic N) is 3. The van der Waals surface area contributed by atoms with Gasteiger partial charge in [-0.2, -0.15) is 0 Å². The van der Waals surface area contributed by atoms with Gasteiger partial charge in [-0.1, -0.05) is 6.42 Å². The van der Waals surface area contributed by atoms with Crippen LogP contribution in [-0.4, -0.2) is 44.0 Å². The fourth-order valence-corrected chi connectivity index (χ4v) is 3.50. The van der Waals surface area contributed by atoms with Gasteiger partial charge in [-0.05, 0) is 24.7 Å². The van der Waals surface area contributed by atoms with E-state index >= 15 is 0 Å². The number of carbonyl (C=O) groups is 2. The third kappa shape index (κ3) is 1.91. The lowest BCUT2D eigenvalue weighted by molar-refractivity contribution is -0.142. The maximum atomic E-state index is 12.4. The molecule has 19 heavy (non-hydrogen) atoms. The Bertz CT molecular complexity index is 525. The highest BCUT2D eigenvalue weighted by Crippen LogP contribution is 2.42. The van der Waals surface area contributed by atoms with Crippen LogP contribution in [0.1, 0.15) is 29.8 Å². The number of aryl methyl sites for hydroxylation is 1. The normalized spacial score (nSPS) is 29.5. The Labute approximate surface area is 111 Å². The van der Waals surface area contributed by atoms with E-state index in [4.69, 9.17) is 0 Å². The molecule has 3 atom stereocenters. The first kappa shape index (κ1) is 12.2. The number of rotatable bonds is 2. The van der Waals surface area contributed by atoms with Gasteiger partial charge in [0, 0.05) is 19.8 Å². The van der Waals surface area contributed by atoms with Gasteiger partial charge in [0.15, 0.2) is 0 Å². The van der Waals surface area contributed by atoms with E-state index in [1.54, 1.807) is 24.1 Å². The van der Waals surface area contributed by atoms with Crippen molar-refractivity contribution in [2.75, 3.05) is 6.54 Å². The molecule has 1 aliphatic carbocycles. The number of carbonyl (C=O) groups excluding carboxylic acids is 1. The molecule has 102 valence electrons. The third-order valence-electron chi connectivity index (χ3n) is 4.33. The minimum atomic E-state index is -0.890. The summed E-state index contributed by atoms with van der Waals surface area (Å²) in [6, 6.07) is -0.679. The first-order valence-electron chi connectivity index (χ1n) is 6.59. The zero-order chi connectivity index (χ0) is 13.6. The van der Waals surface area contributed by atoms with E-state index in [-0.39, 0.29) is 11.8 Å². The van der Waals surface area contributed by atoms with Gasteiger partial charge >= 0.3 is 5.97 Å². The van der Waals surface area contributed by atoms with E-state index in [2.05, 4.69) is 4.98 Å². The molecule has 0 radical (unpaired) electrons. The summed E-state index contributed by atoms with van der Waals surface area (Å²) in [5.41, 5.74) is 0.328. The number of aliphatic carboxylic acids is 1.